The zero-order chi connectivity index (χ0) is 16.9. The van der Waals surface area contributed by atoms with E-state index in [0.29, 0.717) is 11.3 Å². The van der Waals surface area contributed by atoms with Crippen LogP contribution in [-0.2, 0) is 16.1 Å². The number of carbonyl (C=O) groups excluding carboxylic acids is 2. The first-order chi connectivity index (χ1) is 11.6. The summed E-state index contributed by atoms with van der Waals surface area (Å²) in [6.07, 6.45) is 3.32. The Balaban J connectivity index is 1.56. The number of carbonyl (C=O) groups is 2. The number of benzene rings is 1. The quantitative estimate of drug-likeness (QED) is 0.879. The summed E-state index contributed by atoms with van der Waals surface area (Å²) in [7, 11) is 0. The van der Waals surface area contributed by atoms with Gasteiger partial charge in [0.25, 0.3) is 5.91 Å². The zero-order valence-electron chi connectivity index (χ0n) is 13.2. The molecule has 0 bridgehead atoms. The molecule has 0 unspecified atom stereocenters. The van der Waals surface area contributed by atoms with Crippen molar-refractivity contribution in [1.29, 1.82) is 0 Å². The number of hydrogen-bond donors (Lipinski definition) is 2. The second kappa shape index (κ2) is 7.04. The predicted octanol–water partition coefficient (Wildman–Crippen LogP) is 1.88. The number of fused-ring (bicyclic) bond motifs is 1. The van der Waals surface area contributed by atoms with Crippen LogP contribution in [0, 0.1) is 0 Å². The Morgan fingerprint density at radius 2 is 2.04 bits per heavy atom. The Morgan fingerprint density at radius 3 is 2.83 bits per heavy atom. The Morgan fingerprint density at radius 1 is 1.21 bits per heavy atom. The molecule has 1 atom stereocenters. The fourth-order valence-electron chi connectivity index (χ4n) is 2.34. The first-order valence-corrected chi connectivity index (χ1v) is 7.67. The standard InChI is InChI=1S/C18H18N2O4/c1-12(17(21)19-10-15-6-4-8-23-15)20-18(22)14-9-13-5-2-3-7-16(13)24-11-14/h2-9,12H,10-11H2,1H3,(H,19,21)(H,20,22)/t12-/m0/s1. The molecule has 0 radical (unpaired) electrons. The van der Waals surface area contributed by atoms with E-state index in [1.165, 1.54) is 0 Å². The normalized spacial score (nSPS) is 14.0. The number of nitrogens with one attached hydrogen (secondary N) is 2. The van der Waals surface area contributed by atoms with Crippen LogP contribution in [0.1, 0.15) is 18.2 Å². The fourth-order valence-corrected chi connectivity index (χ4v) is 2.34. The monoisotopic (exact) mass is 326 g/mol. The number of rotatable bonds is 5. The van der Waals surface area contributed by atoms with Crippen molar-refractivity contribution in [3.63, 3.8) is 0 Å². The van der Waals surface area contributed by atoms with Crippen LogP contribution in [-0.4, -0.2) is 24.5 Å². The lowest BCUT2D eigenvalue weighted by molar-refractivity contribution is -0.127. The molecule has 6 heteroatoms. The molecule has 1 aliphatic heterocycles. The molecule has 124 valence electrons. The number of amides is 2. The van der Waals surface area contributed by atoms with Gasteiger partial charge in [0.2, 0.25) is 5.91 Å². The van der Waals surface area contributed by atoms with E-state index in [-0.39, 0.29) is 25.0 Å². The molecule has 0 saturated carbocycles. The summed E-state index contributed by atoms with van der Waals surface area (Å²) < 4.78 is 10.7. The third-order valence-corrected chi connectivity index (χ3v) is 3.68. The van der Waals surface area contributed by atoms with E-state index < -0.39 is 6.04 Å². The van der Waals surface area contributed by atoms with Gasteiger partial charge in [-0.3, -0.25) is 9.59 Å². The van der Waals surface area contributed by atoms with Crippen LogP contribution in [0.5, 0.6) is 5.75 Å². The van der Waals surface area contributed by atoms with Gasteiger partial charge >= 0.3 is 0 Å². The second-order valence-corrected chi connectivity index (χ2v) is 5.49. The number of para-hydroxylation sites is 1. The average Bonchev–Trinajstić information content (AvgIpc) is 3.12. The number of furan rings is 1. The van der Waals surface area contributed by atoms with Crippen molar-refractivity contribution in [2.75, 3.05) is 6.61 Å². The summed E-state index contributed by atoms with van der Waals surface area (Å²) in [4.78, 5) is 24.3. The molecule has 0 aliphatic carbocycles. The molecule has 24 heavy (non-hydrogen) atoms. The van der Waals surface area contributed by atoms with Crippen molar-refractivity contribution < 1.29 is 18.7 Å². The maximum absolute atomic E-state index is 12.3. The molecule has 2 heterocycles. The van der Waals surface area contributed by atoms with Crippen molar-refractivity contribution in [3.8, 4) is 5.75 Å². The first-order valence-electron chi connectivity index (χ1n) is 7.67. The van der Waals surface area contributed by atoms with Crippen molar-refractivity contribution in [2.24, 2.45) is 0 Å². The summed E-state index contributed by atoms with van der Waals surface area (Å²) in [5, 5.41) is 5.39. The van der Waals surface area contributed by atoms with E-state index in [0.717, 1.165) is 11.3 Å². The van der Waals surface area contributed by atoms with Gasteiger partial charge in [-0.05, 0) is 31.2 Å². The summed E-state index contributed by atoms with van der Waals surface area (Å²) in [6.45, 7) is 2.10. The summed E-state index contributed by atoms with van der Waals surface area (Å²) >= 11 is 0. The van der Waals surface area contributed by atoms with Crippen LogP contribution < -0.4 is 15.4 Å². The summed E-state index contributed by atoms with van der Waals surface area (Å²) in [5.41, 5.74) is 1.34. The molecular weight excluding hydrogens is 308 g/mol. The van der Waals surface area contributed by atoms with Crippen molar-refractivity contribution >= 4 is 17.9 Å². The van der Waals surface area contributed by atoms with Gasteiger partial charge in [0.05, 0.1) is 18.4 Å². The number of ether oxygens (including phenoxy) is 1. The Kier molecular flexibility index (Phi) is 4.65. The summed E-state index contributed by atoms with van der Waals surface area (Å²) in [5.74, 6) is 0.808. The lowest BCUT2D eigenvalue weighted by Gasteiger charge is -2.19. The van der Waals surface area contributed by atoms with E-state index in [1.807, 2.05) is 24.3 Å². The van der Waals surface area contributed by atoms with Crippen molar-refractivity contribution in [1.82, 2.24) is 10.6 Å². The Hall–Kier alpha value is -3.02. The minimum absolute atomic E-state index is 0.184. The highest BCUT2D eigenvalue weighted by Gasteiger charge is 2.21. The van der Waals surface area contributed by atoms with Gasteiger partial charge in [0.1, 0.15) is 24.2 Å². The van der Waals surface area contributed by atoms with Gasteiger partial charge in [-0.1, -0.05) is 18.2 Å². The van der Waals surface area contributed by atoms with Gasteiger partial charge in [0.15, 0.2) is 0 Å². The molecule has 1 aromatic heterocycles. The van der Waals surface area contributed by atoms with E-state index in [4.69, 9.17) is 9.15 Å². The third-order valence-electron chi connectivity index (χ3n) is 3.68. The lowest BCUT2D eigenvalue weighted by atomic mass is 10.1. The molecule has 0 saturated heterocycles. The molecule has 2 aromatic rings. The molecular formula is C18H18N2O4. The largest absolute Gasteiger partial charge is 0.488 e. The van der Waals surface area contributed by atoms with E-state index in [1.54, 1.807) is 31.4 Å². The van der Waals surface area contributed by atoms with Crippen LogP contribution in [0.3, 0.4) is 0 Å². The molecule has 1 aliphatic rings. The minimum Gasteiger partial charge on any atom is -0.488 e. The predicted molar refractivity (Wildman–Crippen MR) is 88.1 cm³/mol. The van der Waals surface area contributed by atoms with Crippen LogP contribution >= 0.6 is 0 Å². The molecule has 2 amide bonds. The number of hydrogen-bond acceptors (Lipinski definition) is 4. The molecule has 0 spiro atoms. The average molecular weight is 326 g/mol. The van der Waals surface area contributed by atoms with Gasteiger partial charge in [-0.25, -0.2) is 0 Å². The molecule has 2 N–H and O–H groups in total. The van der Waals surface area contributed by atoms with Crippen LogP contribution in [0.15, 0.2) is 52.7 Å². The van der Waals surface area contributed by atoms with E-state index in [2.05, 4.69) is 10.6 Å². The molecule has 0 fully saturated rings. The molecule has 3 rings (SSSR count). The smallest absolute Gasteiger partial charge is 0.251 e. The highest BCUT2D eigenvalue weighted by Crippen LogP contribution is 2.25. The highest BCUT2D eigenvalue weighted by atomic mass is 16.5. The lowest BCUT2D eigenvalue weighted by Crippen LogP contribution is -2.45. The van der Waals surface area contributed by atoms with Crippen LogP contribution in [0.4, 0.5) is 0 Å². The van der Waals surface area contributed by atoms with Crippen molar-refractivity contribution in [3.05, 3.63) is 59.6 Å². The summed E-state index contributed by atoms with van der Waals surface area (Å²) in [6, 6.07) is 10.3. The van der Waals surface area contributed by atoms with E-state index >= 15 is 0 Å². The van der Waals surface area contributed by atoms with E-state index in [9.17, 15) is 9.59 Å². The molecule has 1 aromatic carbocycles. The van der Waals surface area contributed by atoms with Gasteiger partial charge < -0.3 is 19.8 Å². The second-order valence-electron chi connectivity index (χ2n) is 5.49. The first kappa shape index (κ1) is 15.9. The van der Waals surface area contributed by atoms with Crippen molar-refractivity contribution in [2.45, 2.75) is 19.5 Å². The molecule has 6 nitrogen and oxygen atoms in total. The maximum atomic E-state index is 12.3. The topological polar surface area (TPSA) is 80.6 Å². The SMILES string of the molecule is C[C@H](NC(=O)C1=Cc2ccccc2OC1)C(=O)NCc1ccco1. The van der Waals surface area contributed by atoms with Crippen LogP contribution in [0.2, 0.25) is 0 Å². The maximum Gasteiger partial charge on any atom is 0.251 e. The third kappa shape index (κ3) is 3.65. The Bertz CT molecular complexity index is 765. The van der Waals surface area contributed by atoms with Gasteiger partial charge in [-0.15, -0.1) is 0 Å². The highest BCUT2D eigenvalue weighted by molar-refractivity contribution is 6.01. The zero-order valence-corrected chi connectivity index (χ0v) is 13.2. The van der Waals surface area contributed by atoms with Gasteiger partial charge in [-0.2, -0.15) is 0 Å². The fraction of sp³-hybridized carbons (Fsp3) is 0.222. The van der Waals surface area contributed by atoms with Crippen LogP contribution in [0.25, 0.3) is 6.08 Å². The Labute approximate surface area is 139 Å². The minimum atomic E-state index is -0.662. The van der Waals surface area contributed by atoms with Gasteiger partial charge in [0, 0.05) is 5.56 Å².